The van der Waals surface area contributed by atoms with Crippen LogP contribution in [0.3, 0.4) is 0 Å². The van der Waals surface area contributed by atoms with E-state index >= 15 is 0 Å². The molecule has 3 nitrogen and oxygen atoms in total. The molecule has 0 radical (unpaired) electrons. The van der Waals surface area contributed by atoms with Gasteiger partial charge < -0.3 is 14.8 Å². The first-order valence-electron chi connectivity index (χ1n) is 4.37. The van der Waals surface area contributed by atoms with Crippen LogP contribution in [0.5, 0.6) is 11.5 Å². The van der Waals surface area contributed by atoms with Gasteiger partial charge in [0.2, 0.25) is 0 Å². The molecule has 0 spiro atoms. The molecular formula is C10H13NO2. The largest absolute Gasteiger partial charge is 0.497 e. The number of benzene rings is 1. The third-order valence-electron chi connectivity index (χ3n) is 2.08. The maximum absolute atomic E-state index is 5.52. The molecule has 1 aromatic rings. The van der Waals surface area contributed by atoms with Crippen molar-refractivity contribution in [3.05, 3.63) is 18.2 Å². The average Bonchev–Trinajstić information content (AvgIpc) is 2.16. The lowest BCUT2D eigenvalue weighted by Gasteiger charge is -2.24. The lowest BCUT2D eigenvalue weighted by Crippen LogP contribution is -2.28. The molecule has 1 aliphatic heterocycles. The molecule has 0 saturated carbocycles. The van der Waals surface area contributed by atoms with E-state index < -0.39 is 0 Å². The van der Waals surface area contributed by atoms with Crippen molar-refractivity contribution in [2.75, 3.05) is 19.0 Å². The van der Waals surface area contributed by atoms with Crippen molar-refractivity contribution >= 4 is 5.69 Å². The molecule has 1 heterocycles. The van der Waals surface area contributed by atoms with Gasteiger partial charge in [-0.05, 0) is 19.1 Å². The summed E-state index contributed by atoms with van der Waals surface area (Å²) in [5, 5.41) is 3.33. The average molecular weight is 179 g/mol. The summed E-state index contributed by atoms with van der Waals surface area (Å²) in [4.78, 5) is 0. The predicted octanol–water partition coefficient (Wildman–Crippen LogP) is 1.89. The van der Waals surface area contributed by atoms with Crippen molar-refractivity contribution in [3.8, 4) is 11.5 Å². The second kappa shape index (κ2) is 3.17. The first kappa shape index (κ1) is 8.23. The normalized spacial score (nSPS) is 19.7. The minimum atomic E-state index is 0.361. The Morgan fingerprint density at radius 3 is 3.15 bits per heavy atom. The van der Waals surface area contributed by atoms with Gasteiger partial charge in [0.1, 0.15) is 18.1 Å². The van der Waals surface area contributed by atoms with Crippen LogP contribution in [0.2, 0.25) is 0 Å². The van der Waals surface area contributed by atoms with E-state index in [2.05, 4.69) is 12.2 Å². The zero-order chi connectivity index (χ0) is 9.26. The highest BCUT2D eigenvalue weighted by Gasteiger charge is 2.14. The van der Waals surface area contributed by atoms with Gasteiger partial charge in [0.25, 0.3) is 0 Å². The Balaban J connectivity index is 2.32. The lowest BCUT2D eigenvalue weighted by molar-refractivity contribution is 0.291. The number of nitrogens with one attached hydrogen (secondary N) is 1. The second-order valence-corrected chi connectivity index (χ2v) is 3.22. The summed E-state index contributed by atoms with van der Waals surface area (Å²) in [7, 11) is 1.66. The summed E-state index contributed by atoms with van der Waals surface area (Å²) in [6, 6.07) is 6.13. The van der Waals surface area contributed by atoms with Crippen LogP contribution in [0.25, 0.3) is 0 Å². The Hall–Kier alpha value is -1.38. The van der Waals surface area contributed by atoms with E-state index in [-0.39, 0.29) is 0 Å². The van der Waals surface area contributed by atoms with Gasteiger partial charge in [0, 0.05) is 6.07 Å². The quantitative estimate of drug-likeness (QED) is 0.714. The summed E-state index contributed by atoms with van der Waals surface area (Å²) < 4.78 is 10.6. The van der Waals surface area contributed by atoms with Crippen molar-refractivity contribution in [2.24, 2.45) is 0 Å². The fourth-order valence-electron chi connectivity index (χ4n) is 1.40. The predicted molar refractivity (Wildman–Crippen MR) is 51.6 cm³/mol. The van der Waals surface area contributed by atoms with Crippen molar-refractivity contribution in [1.29, 1.82) is 0 Å². The first-order valence-corrected chi connectivity index (χ1v) is 4.37. The topological polar surface area (TPSA) is 30.5 Å². The smallest absolute Gasteiger partial charge is 0.142 e. The Morgan fingerprint density at radius 2 is 2.38 bits per heavy atom. The monoisotopic (exact) mass is 179 g/mol. The third-order valence-corrected chi connectivity index (χ3v) is 2.08. The van der Waals surface area contributed by atoms with Crippen LogP contribution in [0.1, 0.15) is 6.92 Å². The van der Waals surface area contributed by atoms with Crippen LogP contribution in [-0.4, -0.2) is 19.8 Å². The van der Waals surface area contributed by atoms with E-state index in [0.717, 1.165) is 23.8 Å². The molecule has 0 bridgehead atoms. The highest BCUT2D eigenvalue weighted by Crippen LogP contribution is 2.32. The number of ether oxygens (including phenoxy) is 2. The van der Waals surface area contributed by atoms with Gasteiger partial charge in [-0.25, -0.2) is 0 Å². The molecule has 13 heavy (non-hydrogen) atoms. The third kappa shape index (κ3) is 1.54. The molecule has 2 rings (SSSR count). The first-order chi connectivity index (χ1) is 6.29. The van der Waals surface area contributed by atoms with E-state index in [1.165, 1.54) is 0 Å². The van der Waals surface area contributed by atoms with Crippen molar-refractivity contribution in [3.63, 3.8) is 0 Å². The summed E-state index contributed by atoms with van der Waals surface area (Å²) in [5.41, 5.74) is 1.01. The molecule has 0 fully saturated rings. The zero-order valence-electron chi connectivity index (χ0n) is 7.83. The van der Waals surface area contributed by atoms with E-state index in [1.54, 1.807) is 7.11 Å². The van der Waals surface area contributed by atoms with Crippen molar-refractivity contribution in [2.45, 2.75) is 13.0 Å². The van der Waals surface area contributed by atoms with Crippen LogP contribution < -0.4 is 14.8 Å². The van der Waals surface area contributed by atoms with Crippen molar-refractivity contribution < 1.29 is 9.47 Å². The molecule has 0 aliphatic carbocycles. The van der Waals surface area contributed by atoms with Gasteiger partial charge in [-0.1, -0.05) is 0 Å². The molecule has 1 atom stereocenters. The molecule has 1 aliphatic rings. The maximum atomic E-state index is 5.52. The number of fused-ring (bicyclic) bond motifs is 1. The van der Waals surface area contributed by atoms with E-state index in [9.17, 15) is 0 Å². The van der Waals surface area contributed by atoms with Gasteiger partial charge in [-0.15, -0.1) is 0 Å². The molecule has 1 aromatic carbocycles. The van der Waals surface area contributed by atoms with Crippen LogP contribution in [-0.2, 0) is 0 Å². The SMILES string of the molecule is COc1ccc2c(c1)N[C@@H](C)CO2. The van der Waals surface area contributed by atoms with Crippen LogP contribution >= 0.6 is 0 Å². The van der Waals surface area contributed by atoms with Crippen LogP contribution in [0.15, 0.2) is 18.2 Å². The summed E-state index contributed by atoms with van der Waals surface area (Å²) in [6.07, 6.45) is 0. The number of methoxy groups -OCH3 is 1. The van der Waals surface area contributed by atoms with Gasteiger partial charge in [-0.3, -0.25) is 0 Å². The fourth-order valence-corrected chi connectivity index (χ4v) is 1.40. The molecule has 3 heteroatoms. The standard InChI is InChI=1S/C10H13NO2/c1-7-6-13-10-4-3-8(12-2)5-9(10)11-7/h3-5,7,11H,6H2,1-2H3/t7-/m0/s1. The minimum absolute atomic E-state index is 0.361. The van der Waals surface area contributed by atoms with E-state index in [0.29, 0.717) is 6.04 Å². The van der Waals surface area contributed by atoms with Crippen LogP contribution in [0.4, 0.5) is 5.69 Å². The number of anilines is 1. The number of hydrogen-bond acceptors (Lipinski definition) is 3. The van der Waals surface area contributed by atoms with Gasteiger partial charge in [-0.2, -0.15) is 0 Å². The molecule has 70 valence electrons. The Morgan fingerprint density at radius 1 is 1.54 bits per heavy atom. The maximum Gasteiger partial charge on any atom is 0.142 e. The Kier molecular flexibility index (Phi) is 2.00. The Bertz CT molecular complexity index is 312. The Labute approximate surface area is 77.7 Å². The zero-order valence-corrected chi connectivity index (χ0v) is 7.83. The summed E-state index contributed by atoms with van der Waals surface area (Å²) >= 11 is 0. The molecule has 0 amide bonds. The molecule has 0 unspecified atom stereocenters. The molecule has 0 saturated heterocycles. The minimum Gasteiger partial charge on any atom is -0.497 e. The number of hydrogen-bond donors (Lipinski definition) is 1. The fraction of sp³-hybridized carbons (Fsp3) is 0.400. The summed E-state index contributed by atoms with van der Waals surface area (Å²) in [5.74, 6) is 1.75. The van der Waals surface area contributed by atoms with Gasteiger partial charge in [0.15, 0.2) is 0 Å². The molecule has 1 N–H and O–H groups in total. The highest BCUT2D eigenvalue weighted by atomic mass is 16.5. The van der Waals surface area contributed by atoms with E-state index in [4.69, 9.17) is 9.47 Å². The summed E-state index contributed by atoms with van der Waals surface area (Å²) in [6.45, 7) is 2.81. The molecular weight excluding hydrogens is 166 g/mol. The van der Waals surface area contributed by atoms with Gasteiger partial charge >= 0.3 is 0 Å². The second-order valence-electron chi connectivity index (χ2n) is 3.22. The van der Waals surface area contributed by atoms with Gasteiger partial charge in [0.05, 0.1) is 18.8 Å². The van der Waals surface area contributed by atoms with Crippen LogP contribution in [0, 0.1) is 0 Å². The highest BCUT2D eigenvalue weighted by molar-refractivity contribution is 5.61. The number of rotatable bonds is 1. The molecule has 0 aromatic heterocycles. The van der Waals surface area contributed by atoms with E-state index in [1.807, 2.05) is 18.2 Å². The lowest BCUT2D eigenvalue weighted by atomic mass is 10.2. The van der Waals surface area contributed by atoms with Crippen molar-refractivity contribution in [1.82, 2.24) is 0 Å².